The van der Waals surface area contributed by atoms with E-state index < -0.39 is 0 Å². The lowest BCUT2D eigenvalue weighted by molar-refractivity contribution is 0.475. The molecule has 1 rings (SSSR count). The van der Waals surface area contributed by atoms with Gasteiger partial charge in [0.2, 0.25) is 0 Å². The van der Waals surface area contributed by atoms with Crippen LogP contribution in [0.5, 0.6) is 5.75 Å². The molecule has 70 valence electrons. The summed E-state index contributed by atoms with van der Waals surface area (Å²) >= 11 is 4.64. The highest BCUT2D eigenvalue weighted by atomic mass is 35.5. The fraction of sp³-hybridized carbons (Fsp3) is 0.400. The zero-order valence-corrected chi connectivity index (χ0v) is 8.89. The lowest BCUT2D eigenvalue weighted by Crippen LogP contribution is -1.66. The minimum absolute atomic E-state index is 0.338. The fourth-order valence-electron chi connectivity index (χ4n) is 0.628. The molecule has 0 radical (unpaired) electrons. The van der Waals surface area contributed by atoms with Crippen molar-refractivity contribution in [2.24, 2.45) is 0 Å². The molecule has 12 heavy (non-hydrogen) atoms. The number of alkyl halides is 1. The van der Waals surface area contributed by atoms with Gasteiger partial charge in [0.25, 0.3) is 0 Å². The van der Waals surface area contributed by atoms with Crippen molar-refractivity contribution in [1.29, 1.82) is 0 Å². The molecule has 1 nitrogen and oxygen atoms in total. The Kier molecular flexibility index (Phi) is 11.9. The van der Waals surface area contributed by atoms with Crippen LogP contribution in [0.4, 0.5) is 0 Å². The molecule has 0 bridgehead atoms. The van der Waals surface area contributed by atoms with Crippen LogP contribution < -0.4 is 0 Å². The predicted octanol–water partition coefficient (Wildman–Crippen LogP) is 3.58. The van der Waals surface area contributed by atoms with E-state index in [2.05, 4.69) is 11.6 Å². The molecule has 0 aromatic heterocycles. The third-order valence-corrected chi connectivity index (χ3v) is 1.00. The monoisotopic (exact) mass is 188 g/mol. The minimum atomic E-state index is 0.338. The molecule has 1 aromatic rings. The van der Waals surface area contributed by atoms with Gasteiger partial charge in [-0.2, -0.15) is 0 Å². The van der Waals surface area contributed by atoms with Crippen LogP contribution in [0.15, 0.2) is 24.3 Å². The Morgan fingerprint density at radius 1 is 1.17 bits per heavy atom. The number of hydrogen-bond acceptors (Lipinski definition) is 1. The first-order chi connectivity index (χ1) is 5.79. The Morgan fingerprint density at radius 2 is 1.67 bits per heavy atom. The van der Waals surface area contributed by atoms with Crippen molar-refractivity contribution in [3.05, 3.63) is 29.8 Å². The van der Waals surface area contributed by atoms with Crippen molar-refractivity contribution >= 4 is 11.6 Å². The molecular formula is C10H17ClO. The van der Waals surface area contributed by atoms with Crippen LogP contribution >= 0.6 is 11.6 Å². The zero-order chi connectivity index (χ0) is 9.98. The molecule has 0 saturated heterocycles. The molecular weight excluding hydrogens is 172 g/mol. The van der Waals surface area contributed by atoms with Crippen molar-refractivity contribution in [1.82, 2.24) is 0 Å². The van der Waals surface area contributed by atoms with Crippen LogP contribution in [0.3, 0.4) is 0 Å². The smallest absolute Gasteiger partial charge is 0.115 e. The lowest BCUT2D eigenvalue weighted by Gasteiger charge is -1.89. The number of benzene rings is 1. The van der Waals surface area contributed by atoms with Crippen molar-refractivity contribution in [2.75, 3.05) is 6.38 Å². The number of hydrogen-bond donors (Lipinski definition) is 1. The Balaban J connectivity index is 0. The number of phenolic OH excluding ortho intramolecular Hbond substituents is 1. The lowest BCUT2D eigenvalue weighted by atomic mass is 10.2. The SMILES string of the molecule is CC.CCl.Cc1cccc(O)c1. The highest BCUT2D eigenvalue weighted by Gasteiger charge is 1.83. The molecule has 0 amide bonds. The van der Waals surface area contributed by atoms with E-state index in [9.17, 15) is 0 Å². The molecule has 2 heteroatoms. The predicted molar refractivity (Wildman–Crippen MR) is 56.0 cm³/mol. The van der Waals surface area contributed by atoms with Gasteiger partial charge in [-0.3, -0.25) is 0 Å². The summed E-state index contributed by atoms with van der Waals surface area (Å²) in [6.07, 6.45) is 1.47. The van der Waals surface area contributed by atoms with Gasteiger partial charge in [0.1, 0.15) is 5.75 Å². The number of phenols is 1. The summed E-state index contributed by atoms with van der Waals surface area (Å²) in [7, 11) is 0. The number of rotatable bonds is 0. The first kappa shape index (κ1) is 13.9. The molecule has 0 aliphatic carbocycles. The Labute approximate surface area is 80.0 Å². The van der Waals surface area contributed by atoms with E-state index in [4.69, 9.17) is 5.11 Å². The van der Waals surface area contributed by atoms with Crippen LogP contribution in [0.25, 0.3) is 0 Å². The average molecular weight is 189 g/mol. The summed E-state index contributed by atoms with van der Waals surface area (Å²) in [5, 5.41) is 8.81. The average Bonchev–Trinajstić information content (AvgIpc) is 2.11. The van der Waals surface area contributed by atoms with E-state index in [0.717, 1.165) is 5.56 Å². The van der Waals surface area contributed by atoms with Crippen molar-refractivity contribution < 1.29 is 5.11 Å². The van der Waals surface area contributed by atoms with Gasteiger partial charge in [0.15, 0.2) is 0 Å². The Morgan fingerprint density at radius 3 is 1.92 bits per heavy atom. The van der Waals surface area contributed by atoms with Crippen LogP contribution in [0.1, 0.15) is 19.4 Å². The van der Waals surface area contributed by atoms with Crippen LogP contribution in [-0.4, -0.2) is 11.5 Å². The summed E-state index contributed by atoms with van der Waals surface area (Å²) in [6.45, 7) is 5.94. The standard InChI is InChI=1S/C7H8O.C2H6.CH3Cl/c1-6-3-2-4-7(8)5-6;2*1-2/h2-5,8H,1H3;1-2H3;1H3. The maximum atomic E-state index is 8.81. The summed E-state index contributed by atoms with van der Waals surface area (Å²) in [4.78, 5) is 0. The molecule has 0 fully saturated rings. The third-order valence-electron chi connectivity index (χ3n) is 1.00. The zero-order valence-electron chi connectivity index (χ0n) is 8.13. The second-order valence-electron chi connectivity index (χ2n) is 1.84. The molecule has 0 atom stereocenters. The van der Waals surface area contributed by atoms with E-state index in [1.807, 2.05) is 32.9 Å². The van der Waals surface area contributed by atoms with E-state index >= 15 is 0 Å². The normalized spacial score (nSPS) is 7.08. The third kappa shape index (κ3) is 7.42. The Hall–Kier alpha value is -0.690. The molecule has 0 unspecified atom stereocenters. The molecule has 0 heterocycles. The second-order valence-corrected chi connectivity index (χ2v) is 1.84. The van der Waals surface area contributed by atoms with Gasteiger partial charge in [-0.15, -0.1) is 11.6 Å². The van der Waals surface area contributed by atoms with Crippen molar-refractivity contribution in [2.45, 2.75) is 20.8 Å². The van der Waals surface area contributed by atoms with Crippen molar-refractivity contribution in [3.63, 3.8) is 0 Å². The second kappa shape index (κ2) is 10.3. The summed E-state index contributed by atoms with van der Waals surface area (Å²) in [5.41, 5.74) is 1.09. The van der Waals surface area contributed by atoms with Gasteiger partial charge >= 0.3 is 0 Å². The maximum Gasteiger partial charge on any atom is 0.115 e. The van der Waals surface area contributed by atoms with E-state index in [-0.39, 0.29) is 0 Å². The fourth-order valence-corrected chi connectivity index (χ4v) is 0.628. The Bertz CT molecular complexity index is 170. The molecule has 0 spiro atoms. The van der Waals surface area contributed by atoms with Gasteiger partial charge in [-0.1, -0.05) is 26.0 Å². The highest BCUT2D eigenvalue weighted by molar-refractivity contribution is 6.15. The molecule has 0 saturated carbocycles. The van der Waals surface area contributed by atoms with E-state index in [1.54, 1.807) is 12.1 Å². The van der Waals surface area contributed by atoms with Gasteiger partial charge in [-0.05, 0) is 24.6 Å². The number of halogens is 1. The summed E-state index contributed by atoms with van der Waals surface area (Å²) in [5.74, 6) is 0.338. The van der Waals surface area contributed by atoms with Crippen LogP contribution in [-0.2, 0) is 0 Å². The topological polar surface area (TPSA) is 20.2 Å². The largest absolute Gasteiger partial charge is 0.508 e. The molecule has 1 aromatic carbocycles. The minimum Gasteiger partial charge on any atom is -0.508 e. The quantitative estimate of drug-likeness (QED) is 0.617. The first-order valence-corrected chi connectivity index (χ1v) is 4.68. The van der Waals surface area contributed by atoms with Crippen LogP contribution in [0, 0.1) is 6.92 Å². The van der Waals surface area contributed by atoms with Gasteiger partial charge in [0, 0.05) is 6.38 Å². The van der Waals surface area contributed by atoms with Gasteiger partial charge < -0.3 is 5.11 Å². The van der Waals surface area contributed by atoms with Gasteiger partial charge in [0.05, 0.1) is 0 Å². The van der Waals surface area contributed by atoms with Gasteiger partial charge in [-0.25, -0.2) is 0 Å². The van der Waals surface area contributed by atoms with Crippen molar-refractivity contribution in [3.8, 4) is 5.75 Å². The molecule has 0 aliphatic rings. The first-order valence-electron chi connectivity index (χ1n) is 3.92. The molecule has 0 aliphatic heterocycles. The number of aromatic hydroxyl groups is 1. The maximum absolute atomic E-state index is 8.81. The molecule has 1 N–H and O–H groups in total. The number of aryl methyl sites for hydroxylation is 1. The summed E-state index contributed by atoms with van der Waals surface area (Å²) in [6, 6.07) is 7.15. The van der Waals surface area contributed by atoms with E-state index in [1.165, 1.54) is 6.38 Å². The summed E-state index contributed by atoms with van der Waals surface area (Å²) < 4.78 is 0. The van der Waals surface area contributed by atoms with E-state index in [0.29, 0.717) is 5.75 Å². The highest BCUT2D eigenvalue weighted by Crippen LogP contribution is 2.08. The van der Waals surface area contributed by atoms with Crippen LogP contribution in [0.2, 0.25) is 0 Å².